The third kappa shape index (κ3) is 4.74. The Hall–Kier alpha value is -2.45. The first-order valence-corrected chi connectivity index (χ1v) is 4.76. The fourth-order valence-electron chi connectivity index (χ4n) is 1.09. The molecule has 1 amide bonds. The Labute approximate surface area is 104 Å². The zero-order valence-corrected chi connectivity index (χ0v) is 9.19. The van der Waals surface area contributed by atoms with Crippen LogP contribution >= 0.6 is 0 Å². The van der Waals surface area contributed by atoms with E-state index >= 15 is 0 Å². The van der Waals surface area contributed by atoms with Gasteiger partial charge in [-0.15, -0.1) is 0 Å². The van der Waals surface area contributed by atoms with Gasteiger partial charge < -0.3 is 14.9 Å². The maximum absolute atomic E-state index is 11.8. The number of carbonyl (C=O) groups is 2. The smallest absolute Gasteiger partial charge is 0.422 e. The van der Waals surface area contributed by atoms with Crippen molar-refractivity contribution in [3.05, 3.63) is 23.8 Å². The molecule has 104 valence electrons. The molecule has 0 atom stereocenters. The molecule has 0 saturated heterocycles. The van der Waals surface area contributed by atoms with Gasteiger partial charge in [-0.05, 0) is 12.1 Å². The maximum atomic E-state index is 11.8. The van der Waals surface area contributed by atoms with Crippen LogP contribution in [0.25, 0.3) is 0 Å². The van der Waals surface area contributed by atoms with Gasteiger partial charge in [-0.3, -0.25) is 5.32 Å². The number of hydrogen-bond donors (Lipinski definition) is 3. The van der Waals surface area contributed by atoms with E-state index in [2.05, 4.69) is 4.74 Å². The number of anilines is 1. The SMILES string of the molecule is O=C(Nc1ccc(C(=O)O)c(O)c1)OCC(F)(F)F. The van der Waals surface area contributed by atoms with Crippen molar-refractivity contribution in [2.24, 2.45) is 0 Å². The van der Waals surface area contributed by atoms with Crippen LogP contribution in [0.2, 0.25) is 0 Å². The van der Waals surface area contributed by atoms with Crippen molar-refractivity contribution < 1.29 is 37.7 Å². The van der Waals surface area contributed by atoms with E-state index in [1.165, 1.54) is 0 Å². The average Bonchev–Trinajstić information content (AvgIpc) is 2.25. The number of nitrogens with one attached hydrogen (secondary N) is 1. The molecule has 0 fully saturated rings. The topological polar surface area (TPSA) is 95.9 Å². The third-order valence-electron chi connectivity index (χ3n) is 1.84. The number of carboxylic acids is 1. The largest absolute Gasteiger partial charge is 0.507 e. The molecule has 0 aliphatic carbocycles. The van der Waals surface area contributed by atoms with Gasteiger partial charge in [-0.2, -0.15) is 13.2 Å². The molecule has 0 unspecified atom stereocenters. The summed E-state index contributed by atoms with van der Waals surface area (Å²) >= 11 is 0. The minimum atomic E-state index is -4.65. The molecule has 1 rings (SSSR count). The van der Waals surface area contributed by atoms with Crippen LogP contribution in [0.5, 0.6) is 5.75 Å². The summed E-state index contributed by atoms with van der Waals surface area (Å²) in [5.41, 5.74) is -0.510. The maximum Gasteiger partial charge on any atom is 0.422 e. The van der Waals surface area contributed by atoms with E-state index in [0.717, 1.165) is 18.2 Å². The Bertz CT molecular complexity index is 500. The van der Waals surface area contributed by atoms with E-state index in [-0.39, 0.29) is 5.69 Å². The lowest BCUT2D eigenvalue weighted by Crippen LogP contribution is -2.23. The summed E-state index contributed by atoms with van der Waals surface area (Å²) < 4.78 is 39.1. The van der Waals surface area contributed by atoms with Crippen LogP contribution in [0.3, 0.4) is 0 Å². The summed E-state index contributed by atoms with van der Waals surface area (Å²) in [7, 11) is 0. The molecule has 0 aliphatic rings. The van der Waals surface area contributed by atoms with Crippen molar-refractivity contribution >= 4 is 17.7 Å². The number of amides is 1. The van der Waals surface area contributed by atoms with Crippen molar-refractivity contribution in [3.8, 4) is 5.75 Å². The number of benzene rings is 1. The number of aromatic carboxylic acids is 1. The number of hydrogen-bond acceptors (Lipinski definition) is 4. The zero-order chi connectivity index (χ0) is 14.6. The summed E-state index contributed by atoms with van der Waals surface area (Å²) in [6.45, 7) is -1.75. The first-order valence-electron chi connectivity index (χ1n) is 4.76. The third-order valence-corrected chi connectivity index (χ3v) is 1.84. The van der Waals surface area contributed by atoms with Gasteiger partial charge in [0.2, 0.25) is 0 Å². The normalized spacial score (nSPS) is 10.9. The van der Waals surface area contributed by atoms with Crippen molar-refractivity contribution in [3.63, 3.8) is 0 Å². The van der Waals surface area contributed by atoms with Gasteiger partial charge in [0, 0.05) is 11.8 Å². The van der Waals surface area contributed by atoms with E-state index in [1.54, 1.807) is 0 Å². The van der Waals surface area contributed by atoms with E-state index in [9.17, 15) is 27.9 Å². The summed E-state index contributed by atoms with van der Waals surface area (Å²) in [6.07, 6.45) is -6.02. The van der Waals surface area contributed by atoms with Crippen LogP contribution in [0.15, 0.2) is 18.2 Å². The summed E-state index contributed by atoms with van der Waals surface area (Å²) in [4.78, 5) is 21.5. The first-order chi connectivity index (χ1) is 8.69. The predicted molar refractivity (Wildman–Crippen MR) is 56.1 cm³/mol. The lowest BCUT2D eigenvalue weighted by Gasteiger charge is -2.09. The highest BCUT2D eigenvalue weighted by Gasteiger charge is 2.29. The minimum Gasteiger partial charge on any atom is -0.507 e. The number of alkyl halides is 3. The highest BCUT2D eigenvalue weighted by Crippen LogP contribution is 2.22. The lowest BCUT2D eigenvalue weighted by molar-refractivity contribution is -0.159. The van der Waals surface area contributed by atoms with E-state index < -0.39 is 36.2 Å². The Kier molecular flexibility index (Phi) is 4.20. The molecule has 6 nitrogen and oxygen atoms in total. The molecule has 1 aromatic carbocycles. The highest BCUT2D eigenvalue weighted by molar-refractivity contribution is 5.92. The predicted octanol–water partition coefficient (Wildman–Crippen LogP) is 2.20. The molecule has 19 heavy (non-hydrogen) atoms. The number of halogens is 3. The minimum absolute atomic E-state index is 0.102. The number of ether oxygens (including phenoxy) is 1. The van der Waals surface area contributed by atoms with E-state index in [1.807, 2.05) is 5.32 Å². The van der Waals surface area contributed by atoms with Gasteiger partial charge in [-0.25, -0.2) is 9.59 Å². The first kappa shape index (κ1) is 14.6. The van der Waals surface area contributed by atoms with Crippen molar-refractivity contribution in [1.29, 1.82) is 0 Å². The Morgan fingerprint density at radius 2 is 1.95 bits per heavy atom. The number of carbonyl (C=O) groups excluding carboxylic acids is 1. The molecule has 0 aromatic heterocycles. The van der Waals surface area contributed by atoms with Gasteiger partial charge in [-0.1, -0.05) is 0 Å². The number of aromatic hydroxyl groups is 1. The fraction of sp³-hybridized carbons (Fsp3) is 0.200. The van der Waals surface area contributed by atoms with Crippen LogP contribution in [0, 0.1) is 0 Å². The van der Waals surface area contributed by atoms with Gasteiger partial charge in [0.1, 0.15) is 11.3 Å². The molecule has 0 bridgehead atoms. The monoisotopic (exact) mass is 279 g/mol. The van der Waals surface area contributed by atoms with E-state index in [4.69, 9.17) is 5.11 Å². The molecule has 3 N–H and O–H groups in total. The number of rotatable bonds is 3. The molecule has 0 spiro atoms. The molecule has 0 heterocycles. The van der Waals surface area contributed by atoms with Gasteiger partial charge in [0.15, 0.2) is 6.61 Å². The zero-order valence-electron chi connectivity index (χ0n) is 9.19. The Morgan fingerprint density at radius 1 is 1.32 bits per heavy atom. The van der Waals surface area contributed by atoms with Gasteiger partial charge in [0.25, 0.3) is 0 Å². The molecule has 0 aliphatic heterocycles. The molecule has 1 aromatic rings. The van der Waals surface area contributed by atoms with Gasteiger partial charge >= 0.3 is 18.2 Å². The van der Waals surface area contributed by atoms with Crippen molar-refractivity contribution in [2.75, 3.05) is 11.9 Å². The number of phenols is 1. The molecule has 9 heteroatoms. The summed E-state index contributed by atoms with van der Waals surface area (Å²) in [5, 5.41) is 19.8. The second-order valence-electron chi connectivity index (χ2n) is 3.35. The summed E-state index contributed by atoms with van der Waals surface area (Å²) in [6, 6.07) is 2.95. The van der Waals surface area contributed by atoms with Crippen LogP contribution in [-0.2, 0) is 4.74 Å². The van der Waals surface area contributed by atoms with Crippen LogP contribution in [0.1, 0.15) is 10.4 Å². The lowest BCUT2D eigenvalue weighted by atomic mass is 10.2. The number of carboxylic acid groups (broad SMARTS) is 1. The standard InChI is InChI=1S/C10H8F3NO5/c11-10(12,13)4-19-9(18)14-5-1-2-6(8(16)17)7(15)3-5/h1-3,15H,4H2,(H,14,18)(H,16,17). The van der Waals surface area contributed by atoms with Crippen LogP contribution in [-0.4, -0.2) is 35.1 Å². The average molecular weight is 279 g/mol. The Morgan fingerprint density at radius 3 is 2.42 bits per heavy atom. The Balaban J connectivity index is 2.65. The van der Waals surface area contributed by atoms with Crippen LogP contribution in [0.4, 0.5) is 23.7 Å². The van der Waals surface area contributed by atoms with Crippen molar-refractivity contribution in [1.82, 2.24) is 0 Å². The summed E-state index contributed by atoms with van der Waals surface area (Å²) in [5.74, 6) is -2.02. The molecule has 0 radical (unpaired) electrons. The molecule has 0 saturated carbocycles. The van der Waals surface area contributed by atoms with Crippen LogP contribution < -0.4 is 5.32 Å². The fourth-order valence-corrected chi connectivity index (χ4v) is 1.09. The van der Waals surface area contributed by atoms with Crippen molar-refractivity contribution in [2.45, 2.75) is 6.18 Å². The quantitative estimate of drug-likeness (QED) is 0.788. The van der Waals surface area contributed by atoms with E-state index in [0.29, 0.717) is 0 Å². The molecular formula is C10H8F3NO5. The molecular weight excluding hydrogens is 271 g/mol. The second kappa shape index (κ2) is 5.46. The second-order valence-corrected chi connectivity index (χ2v) is 3.35. The highest BCUT2D eigenvalue weighted by atomic mass is 19.4. The van der Waals surface area contributed by atoms with Gasteiger partial charge in [0.05, 0.1) is 0 Å².